The summed E-state index contributed by atoms with van der Waals surface area (Å²) in [6, 6.07) is 4.41. The third-order valence-corrected chi connectivity index (χ3v) is 3.65. The van der Waals surface area contributed by atoms with Crippen molar-refractivity contribution in [3.05, 3.63) is 39.8 Å². The smallest absolute Gasteiger partial charge is 0.0624 e. The number of aryl methyl sites for hydroxylation is 2. The maximum Gasteiger partial charge on any atom is 0.0624 e. The van der Waals surface area contributed by atoms with E-state index in [9.17, 15) is 0 Å². The van der Waals surface area contributed by atoms with Gasteiger partial charge in [-0.05, 0) is 34.9 Å². The van der Waals surface area contributed by atoms with Crippen molar-refractivity contribution in [1.82, 2.24) is 15.2 Å². The van der Waals surface area contributed by atoms with Crippen LogP contribution in [0.3, 0.4) is 0 Å². The van der Waals surface area contributed by atoms with Gasteiger partial charge in [-0.2, -0.15) is 16.4 Å². The molecule has 0 aromatic carbocycles. The van der Waals surface area contributed by atoms with Crippen molar-refractivity contribution in [2.24, 2.45) is 12.9 Å². The lowest BCUT2D eigenvalue weighted by Gasteiger charge is -2.14. The van der Waals surface area contributed by atoms with Gasteiger partial charge in [-0.25, -0.2) is 0 Å². The Bertz CT molecular complexity index is 461. The summed E-state index contributed by atoms with van der Waals surface area (Å²) in [5.74, 6) is 5.63. The Kier molecular flexibility index (Phi) is 3.93. The van der Waals surface area contributed by atoms with Crippen molar-refractivity contribution >= 4 is 11.3 Å². The first-order valence-corrected chi connectivity index (χ1v) is 6.69. The lowest BCUT2D eigenvalue weighted by Crippen LogP contribution is -2.29. The second kappa shape index (κ2) is 5.44. The molecule has 17 heavy (non-hydrogen) atoms. The quantitative estimate of drug-likeness (QED) is 0.628. The van der Waals surface area contributed by atoms with Crippen LogP contribution in [0.1, 0.15) is 29.9 Å². The Morgan fingerprint density at radius 1 is 1.59 bits per heavy atom. The van der Waals surface area contributed by atoms with E-state index < -0.39 is 0 Å². The van der Waals surface area contributed by atoms with Gasteiger partial charge in [0, 0.05) is 19.2 Å². The van der Waals surface area contributed by atoms with Crippen LogP contribution in [0, 0.1) is 0 Å². The molecule has 4 nitrogen and oxygen atoms in total. The minimum atomic E-state index is 0.154. The number of hydrogen-bond acceptors (Lipinski definition) is 4. The van der Waals surface area contributed by atoms with Crippen LogP contribution in [-0.2, 0) is 19.9 Å². The van der Waals surface area contributed by atoms with Crippen molar-refractivity contribution in [2.75, 3.05) is 0 Å². The van der Waals surface area contributed by atoms with Crippen molar-refractivity contribution in [3.8, 4) is 0 Å². The lowest BCUT2D eigenvalue weighted by molar-refractivity contribution is 0.531. The first-order valence-electron chi connectivity index (χ1n) is 5.74. The highest BCUT2D eigenvalue weighted by atomic mass is 32.1. The Morgan fingerprint density at radius 2 is 2.41 bits per heavy atom. The van der Waals surface area contributed by atoms with E-state index in [-0.39, 0.29) is 6.04 Å². The van der Waals surface area contributed by atoms with Crippen LogP contribution in [0.4, 0.5) is 0 Å². The van der Waals surface area contributed by atoms with Gasteiger partial charge >= 0.3 is 0 Å². The van der Waals surface area contributed by atoms with E-state index in [0.717, 1.165) is 18.5 Å². The topological polar surface area (TPSA) is 55.9 Å². The molecule has 5 heteroatoms. The average molecular weight is 250 g/mol. The number of nitrogens with zero attached hydrogens (tertiary/aromatic N) is 2. The molecule has 0 saturated carbocycles. The highest BCUT2D eigenvalue weighted by Crippen LogP contribution is 2.20. The molecule has 2 aromatic heterocycles. The van der Waals surface area contributed by atoms with E-state index in [1.807, 2.05) is 11.7 Å². The predicted molar refractivity (Wildman–Crippen MR) is 70.7 cm³/mol. The minimum Gasteiger partial charge on any atom is -0.272 e. The fourth-order valence-electron chi connectivity index (χ4n) is 1.89. The summed E-state index contributed by atoms with van der Waals surface area (Å²) in [5.41, 5.74) is 6.44. The summed E-state index contributed by atoms with van der Waals surface area (Å²) in [6.45, 7) is 2.11. The highest BCUT2D eigenvalue weighted by Gasteiger charge is 2.14. The summed E-state index contributed by atoms with van der Waals surface area (Å²) in [6.07, 6.45) is 1.82. The number of nitrogens with two attached hydrogens (primary N) is 1. The molecule has 1 unspecified atom stereocenters. The standard InChI is InChI=1S/C12H18N4S/c1-3-10-6-11(16(2)15-10)7-12(14-13)9-4-5-17-8-9/h4-6,8,12,14H,3,7,13H2,1-2H3. The Labute approximate surface area is 105 Å². The van der Waals surface area contributed by atoms with Gasteiger partial charge in [0.1, 0.15) is 0 Å². The van der Waals surface area contributed by atoms with Crippen LogP contribution in [0.15, 0.2) is 22.9 Å². The maximum atomic E-state index is 5.63. The third-order valence-electron chi connectivity index (χ3n) is 2.95. The van der Waals surface area contributed by atoms with E-state index in [2.05, 4.69) is 40.3 Å². The van der Waals surface area contributed by atoms with Gasteiger partial charge in [0.2, 0.25) is 0 Å². The van der Waals surface area contributed by atoms with Gasteiger partial charge in [-0.1, -0.05) is 6.92 Å². The molecular formula is C12H18N4S. The number of hydrogen-bond donors (Lipinski definition) is 2. The zero-order valence-electron chi connectivity index (χ0n) is 10.2. The third kappa shape index (κ3) is 2.74. The van der Waals surface area contributed by atoms with E-state index in [4.69, 9.17) is 5.84 Å². The van der Waals surface area contributed by atoms with Gasteiger partial charge in [-0.3, -0.25) is 16.0 Å². The molecule has 0 spiro atoms. The van der Waals surface area contributed by atoms with Gasteiger partial charge in [0.15, 0.2) is 0 Å². The Hall–Kier alpha value is -1.17. The number of thiophene rings is 1. The summed E-state index contributed by atoms with van der Waals surface area (Å²) in [7, 11) is 1.98. The molecule has 92 valence electrons. The maximum absolute atomic E-state index is 5.63. The number of rotatable bonds is 5. The molecular weight excluding hydrogens is 232 g/mol. The molecule has 2 heterocycles. The normalized spacial score (nSPS) is 12.9. The molecule has 0 amide bonds. The Morgan fingerprint density at radius 3 is 2.94 bits per heavy atom. The molecule has 0 radical (unpaired) electrons. The van der Waals surface area contributed by atoms with E-state index in [1.54, 1.807) is 11.3 Å². The largest absolute Gasteiger partial charge is 0.272 e. The van der Waals surface area contributed by atoms with Gasteiger partial charge in [0.25, 0.3) is 0 Å². The molecule has 0 bridgehead atoms. The van der Waals surface area contributed by atoms with Crippen molar-refractivity contribution in [1.29, 1.82) is 0 Å². The summed E-state index contributed by atoms with van der Waals surface area (Å²) in [4.78, 5) is 0. The van der Waals surface area contributed by atoms with Crippen LogP contribution in [0.5, 0.6) is 0 Å². The van der Waals surface area contributed by atoms with Crippen LogP contribution in [0.25, 0.3) is 0 Å². The first kappa shape index (κ1) is 12.3. The highest BCUT2D eigenvalue weighted by molar-refractivity contribution is 7.07. The monoisotopic (exact) mass is 250 g/mol. The van der Waals surface area contributed by atoms with Crippen molar-refractivity contribution < 1.29 is 0 Å². The zero-order chi connectivity index (χ0) is 12.3. The minimum absolute atomic E-state index is 0.154. The number of hydrazine groups is 1. The van der Waals surface area contributed by atoms with Gasteiger partial charge < -0.3 is 0 Å². The van der Waals surface area contributed by atoms with Crippen molar-refractivity contribution in [3.63, 3.8) is 0 Å². The molecule has 0 aliphatic rings. The molecule has 0 fully saturated rings. The van der Waals surface area contributed by atoms with E-state index in [1.165, 1.54) is 11.3 Å². The summed E-state index contributed by atoms with van der Waals surface area (Å²) < 4.78 is 1.94. The first-order chi connectivity index (χ1) is 8.24. The number of nitrogens with one attached hydrogen (secondary N) is 1. The van der Waals surface area contributed by atoms with Crippen molar-refractivity contribution in [2.45, 2.75) is 25.8 Å². The molecule has 2 rings (SSSR count). The van der Waals surface area contributed by atoms with Crippen LogP contribution in [-0.4, -0.2) is 9.78 Å². The van der Waals surface area contributed by atoms with E-state index in [0.29, 0.717) is 0 Å². The molecule has 0 aliphatic heterocycles. The molecule has 0 aliphatic carbocycles. The van der Waals surface area contributed by atoms with Gasteiger partial charge in [-0.15, -0.1) is 0 Å². The number of aromatic nitrogens is 2. The second-order valence-electron chi connectivity index (χ2n) is 4.08. The van der Waals surface area contributed by atoms with Gasteiger partial charge in [0.05, 0.1) is 11.7 Å². The summed E-state index contributed by atoms with van der Waals surface area (Å²) in [5, 5.41) is 8.64. The predicted octanol–water partition coefficient (Wildman–Crippen LogP) is 1.79. The van der Waals surface area contributed by atoms with Crippen LogP contribution < -0.4 is 11.3 Å². The zero-order valence-corrected chi connectivity index (χ0v) is 11.0. The van der Waals surface area contributed by atoms with E-state index >= 15 is 0 Å². The molecule has 0 saturated heterocycles. The molecule has 2 aromatic rings. The fourth-order valence-corrected chi connectivity index (χ4v) is 2.60. The van der Waals surface area contributed by atoms with Crippen LogP contribution in [0.2, 0.25) is 0 Å². The van der Waals surface area contributed by atoms with Crippen LogP contribution >= 0.6 is 11.3 Å². The molecule has 1 atom stereocenters. The fraction of sp³-hybridized carbons (Fsp3) is 0.417. The SMILES string of the molecule is CCc1cc(CC(NN)c2ccsc2)n(C)n1. The second-order valence-corrected chi connectivity index (χ2v) is 4.86. The summed E-state index contributed by atoms with van der Waals surface area (Å²) >= 11 is 1.69. The lowest BCUT2D eigenvalue weighted by atomic mass is 10.1. The average Bonchev–Trinajstić information content (AvgIpc) is 2.96. The Balaban J connectivity index is 2.15. The molecule has 3 N–H and O–H groups in total.